The number of ether oxygens (including phenoxy) is 1. The Morgan fingerprint density at radius 2 is 1.84 bits per heavy atom. The van der Waals surface area contributed by atoms with Crippen molar-refractivity contribution in [3.8, 4) is 28.5 Å². The zero-order valence-electron chi connectivity index (χ0n) is 19.6. The number of hydrogen-bond acceptors (Lipinski definition) is 7. The molecule has 184 valence electrons. The minimum Gasteiger partial charge on any atom is -0.475 e. The van der Waals surface area contributed by atoms with Gasteiger partial charge in [0.2, 0.25) is 5.88 Å². The van der Waals surface area contributed by atoms with Gasteiger partial charge < -0.3 is 10.1 Å². The molecular weight excluding hydrogens is 493 g/mol. The molecule has 0 atom stereocenters. The van der Waals surface area contributed by atoms with Crippen LogP contribution in [0, 0.1) is 12.7 Å². The lowest BCUT2D eigenvalue weighted by Crippen LogP contribution is -2.28. The van der Waals surface area contributed by atoms with Crippen molar-refractivity contribution < 1.29 is 13.9 Å². The van der Waals surface area contributed by atoms with E-state index >= 15 is 0 Å². The zero-order valence-corrected chi connectivity index (χ0v) is 20.4. The van der Waals surface area contributed by atoms with Crippen LogP contribution in [0.4, 0.5) is 4.39 Å². The molecule has 37 heavy (non-hydrogen) atoms. The molecule has 4 heterocycles. The molecular formula is C26H20FN7O2S. The molecule has 0 aliphatic carbocycles. The number of halogens is 1. The third kappa shape index (κ3) is 4.40. The molecule has 6 rings (SSSR count). The van der Waals surface area contributed by atoms with Crippen molar-refractivity contribution in [3.05, 3.63) is 89.3 Å². The second kappa shape index (κ2) is 9.43. The highest BCUT2D eigenvalue weighted by Crippen LogP contribution is 2.27. The highest BCUT2D eigenvalue weighted by Gasteiger charge is 2.18. The summed E-state index contributed by atoms with van der Waals surface area (Å²) in [4.78, 5) is 18.7. The molecule has 4 aromatic heterocycles. The highest BCUT2D eigenvalue weighted by atomic mass is 32.1. The van der Waals surface area contributed by atoms with Crippen LogP contribution in [0.25, 0.3) is 33.3 Å². The van der Waals surface area contributed by atoms with Gasteiger partial charge in [-0.1, -0.05) is 41.7 Å². The molecule has 6 aromatic rings. The second-order valence-electron chi connectivity index (χ2n) is 8.24. The fourth-order valence-electron chi connectivity index (χ4n) is 3.94. The van der Waals surface area contributed by atoms with Crippen LogP contribution >= 0.6 is 11.3 Å². The number of thiazole rings is 1. The number of carbonyl (C=O) groups is 1. The normalized spacial score (nSPS) is 11.3. The summed E-state index contributed by atoms with van der Waals surface area (Å²) in [5.41, 5.74) is 3.83. The molecule has 1 N–H and O–H groups in total. The molecule has 1 amide bonds. The van der Waals surface area contributed by atoms with E-state index in [0.717, 1.165) is 22.5 Å². The largest absolute Gasteiger partial charge is 0.475 e. The van der Waals surface area contributed by atoms with Gasteiger partial charge in [0.1, 0.15) is 17.3 Å². The van der Waals surface area contributed by atoms with Crippen LogP contribution in [0.1, 0.15) is 15.4 Å². The SMILES string of the molecule is Cc1c(C(=O)NCCOc2ccc3nnc(-c4ccccc4)n3n2)sc2nc(-c3ccc(F)cc3)cn12. The average molecular weight is 514 g/mol. The molecule has 0 saturated carbocycles. The predicted molar refractivity (Wildman–Crippen MR) is 137 cm³/mol. The lowest BCUT2D eigenvalue weighted by atomic mass is 10.2. The van der Waals surface area contributed by atoms with Crippen LogP contribution in [0.5, 0.6) is 5.88 Å². The zero-order chi connectivity index (χ0) is 25.4. The van der Waals surface area contributed by atoms with Crippen molar-refractivity contribution >= 4 is 27.9 Å². The van der Waals surface area contributed by atoms with Gasteiger partial charge in [-0.05, 0) is 37.3 Å². The number of rotatable bonds is 7. The average Bonchev–Trinajstić information content (AvgIpc) is 3.61. The fourth-order valence-corrected chi connectivity index (χ4v) is 4.96. The number of amides is 1. The summed E-state index contributed by atoms with van der Waals surface area (Å²) in [5.74, 6) is 0.525. The van der Waals surface area contributed by atoms with Gasteiger partial charge in [-0.3, -0.25) is 9.20 Å². The number of carbonyl (C=O) groups excluding carboxylic acids is 1. The first kappa shape index (κ1) is 22.8. The van der Waals surface area contributed by atoms with Gasteiger partial charge in [-0.2, -0.15) is 4.52 Å². The fraction of sp³-hybridized carbons (Fsp3) is 0.115. The Morgan fingerprint density at radius 1 is 1.03 bits per heavy atom. The maximum atomic E-state index is 13.2. The van der Waals surface area contributed by atoms with E-state index in [2.05, 4.69) is 25.6 Å². The van der Waals surface area contributed by atoms with Gasteiger partial charge in [0.05, 0.1) is 12.2 Å². The number of imidazole rings is 1. The molecule has 0 spiro atoms. The van der Waals surface area contributed by atoms with Crippen LogP contribution in [0.2, 0.25) is 0 Å². The summed E-state index contributed by atoms with van der Waals surface area (Å²) < 4.78 is 22.5. The number of nitrogens with zero attached hydrogens (tertiary/aromatic N) is 6. The van der Waals surface area contributed by atoms with Crippen LogP contribution in [0.3, 0.4) is 0 Å². The number of nitrogens with one attached hydrogen (secondary N) is 1. The smallest absolute Gasteiger partial charge is 0.263 e. The maximum absolute atomic E-state index is 13.2. The first-order valence-corrected chi connectivity index (χ1v) is 12.3. The maximum Gasteiger partial charge on any atom is 0.263 e. The monoisotopic (exact) mass is 513 g/mol. The lowest BCUT2D eigenvalue weighted by molar-refractivity contribution is 0.0949. The Labute approximate surface area is 214 Å². The van der Waals surface area contributed by atoms with E-state index < -0.39 is 0 Å². The quantitative estimate of drug-likeness (QED) is 0.317. The minimum atomic E-state index is -0.295. The number of hydrogen-bond donors (Lipinski definition) is 1. The molecule has 0 radical (unpaired) electrons. The van der Waals surface area contributed by atoms with Crippen molar-refractivity contribution in [2.24, 2.45) is 0 Å². The van der Waals surface area contributed by atoms with Crippen molar-refractivity contribution in [2.75, 3.05) is 13.2 Å². The first-order chi connectivity index (χ1) is 18.1. The molecule has 0 saturated heterocycles. The van der Waals surface area contributed by atoms with Crippen LogP contribution < -0.4 is 10.1 Å². The van der Waals surface area contributed by atoms with Gasteiger partial charge >= 0.3 is 0 Å². The summed E-state index contributed by atoms with van der Waals surface area (Å²) >= 11 is 1.30. The van der Waals surface area contributed by atoms with Gasteiger partial charge in [0, 0.05) is 29.1 Å². The molecule has 0 bridgehead atoms. The third-order valence-corrected chi connectivity index (χ3v) is 6.97. The van der Waals surface area contributed by atoms with E-state index in [0.29, 0.717) is 33.7 Å². The Bertz CT molecular complexity index is 1730. The summed E-state index contributed by atoms with van der Waals surface area (Å²) in [6.07, 6.45) is 1.85. The topological polar surface area (TPSA) is 98.7 Å². The number of fused-ring (bicyclic) bond motifs is 2. The second-order valence-corrected chi connectivity index (χ2v) is 9.22. The van der Waals surface area contributed by atoms with Gasteiger partial charge in [0.15, 0.2) is 16.4 Å². The predicted octanol–water partition coefficient (Wildman–Crippen LogP) is 4.42. The highest BCUT2D eigenvalue weighted by molar-refractivity contribution is 7.19. The van der Waals surface area contributed by atoms with Gasteiger partial charge in [-0.15, -0.1) is 15.3 Å². The lowest BCUT2D eigenvalue weighted by Gasteiger charge is -2.07. The van der Waals surface area contributed by atoms with E-state index in [1.54, 1.807) is 28.8 Å². The van der Waals surface area contributed by atoms with E-state index in [1.165, 1.54) is 23.5 Å². The van der Waals surface area contributed by atoms with Crippen molar-refractivity contribution in [2.45, 2.75) is 6.92 Å². The Morgan fingerprint density at radius 3 is 2.62 bits per heavy atom. The van der Waals surface area contributed by atoms with Crippen LogP contribution in [-0.4, -0.2) is 48.3 Å². The molecule has 0 unspecified atom stereocenters. The number of aromatic nitrogens is 6. The van der Waals surface area contributed by atoms with Crippen molar-refractivity contribution in [1.82, 2.24) is 34.5 Å². The standard InChI is InChI=1S/C26H20FN7O2S/c1-16-23(37-26-29-20(15-33(16)26)17-7-9-19(27)10-8-17)25(35)28-13-14-36-22-12-11-21-30-31-24(34(21)32-22)18-5-3-2-4-6-18/h2-12,15H,13-14H2,1H3,(H,28,35). The van der Waals surface area contributed by atoms with Gasteiger partial charge in [-0.25, -0.2) is 9.37 Å². The van der Waals surface area contributed by atoms with E-state index in [4.69, 9.17) is 4.74 Å². The summed E-state index contributed by atoms with van der Waals surface area (Å²) in [6.45, 7) is 2.41. The minimum absolute atomic E-state index is 0.200. The molecule has 2 aromatic carbocycles. The Balaban J connectivity index is 1.10. The summed E-state index contributed by atoms with van der Waals surface area (Å²) in [5, 5.41) is 15.8. The Kier molecular flexibility index (Phi) is 5.81. The molecule has 0 aliphatic rings. The summed E-state index contributed by atoms with van der Waals surface area (Å²) in [7, 11) is 0. The van der Waals surface area contributed by atoms with E-state index in [1.807, 2.05) is 47.9 Å². The van der Waals surface area contributed by atoms with Crippen molar-refractivity contribution in [3.63, 3.8) is 0 Å². The molecule has 11 heteroatoms. The van der Waals surface area contributed by atoms with E-state index in [9.17, 15) is 9.18 Å². The number of aryl methyl sites for hydroxylation is 1. The first-order valence-electron chi connectivity index (χ1n) is 11.5. The summed E-state index contributed by atoms with van der Waals surface area (Å²) in [6, 6.07) is 19.3. The van der Waals surface area contributed by atoms with Crippen LogP contribution in [-0.2, 0) is 0 Å². The molecule has 0 fully saturated rings. The van der Waals surface area contributed by atoms with Crippen LogP contribution in [0.15, 0.2) is 72.9 Å². The molecule has 0 aliphatic heterocycles. The molecule has 9 nitrogen and oxygen atoms in total. The van der Waals surface area contributed by atoms with Crippen molar-refractivity contribution in [1.29, 1.82) is 0 Å². The third-order valence-electron chi connectivity index (χ3n) is 5.81. The van der Waals surface area contributed by atoms with E-state index in [-0.39, 0.29) is 18.3 Å². The Hall–Kier alpha value is -4.64. The number of benzene rings is 2. The van der Waals surface area contributed by atoms with Gasteiger partial charge in [0.25, 0.3) is 5.91 Å².